The molecule has 0 saturated heterocycles. The monoisotopic (exact) mass is 300 g/mol. The number of rotatable bonds is 5. The summed E-state index contributed by atoms with van der Waals surface area (Å²) in [5.41, 5.74) is 2.96. The van der Waals surface area contributed by atoms with Crippen molar-refractivity contribution >= 4 is 27.7 Å². The van der Waals surface area contributed by atoms with Gasteiger partial charge in [0.15, 0.2) is 0 Å². The third kappa shape index (κ3) is 3.23. The van der Waals surface area contributed by atoms with Gasteiger partial charge in [0, 0.05) is 21.2 Å². The normalized spacial score (nSPS) is 18.1. The third-order valence-corrected chi connectivity index (χ3v) is 4.84. The maximum atomic E-state index is 5.60. The number of benzene rings is 1. The van der Waals surface area contributed by atoms with Crippen molar-refractivity contribution in [2.24, 2.45) is 11.8 Å². The summed E-state index contributed by atoms with van der Waals surface area (Å²) in [5.74, 6) is 7.44. The summed E-state index contributed by atoms with van der Waals surface area (Å²) in [7, 11) is 0. The van der Waals surface area contributed by atoms with Crippen molar-refractivity contribution < 1.29 is 0 Å². The van der Waals surface area contributed by atoms with Gasteiger partial charge in [0.05, 0.1) is 0 Å². The first-order chi connectivity index (χ1) is 7.79. The smallest absolute Gasteiger partial charge is 0.0332 e. The molecule has 1 aliphatic carbocycles. The molecule has 1 unspecified atom stereocenters. The fraction of sp³-hybridized carbons (Fsp3) is 0.500. The van der Waals surface area contributed by atoms with Gasteiger partial charge < -0.3 is 0 Å². The van der Waals surface area contributed by atoms with Gasteiger partial charge in [0.25, 0.3) is 0 Å². The highest BCUT2D eigenvalue weighted by atomic mass is 79.9. The van der Waals surface area contributed by atoms with Gasteiger partial charge in [0.2, 0.25) is 0 Å². The predicted molar refractivity (Wildman–Crippen MR) is 73.3 cm³/mol. The Bertz CT molecular complexity index is 324. The van der Waals surface area contributed by atoms with Crippen LogP contribution in [0.3, 0.4) is 0 Å². The molecule has 0 aromatic heterocycles. The van der Waals surface area contributed by atoms with Crippen LogP contribution in [0.2, 0.25) is 0 Å². The number of thioether (sulfide) groups is 1. The van der Waals surface area contributed by atoms with E-state index in [1.807, 2.05) is 11.8 Å². The fourth-order valence-corrected chi connectivity index (χ4v) is 3.21. The van der Waals surface area contributed by atoms with Crippen LogP contribution < -0.4 is 11.3 Å². The molecule has 1 aliphatic rings. The van der Waals surface area contributed by atoms with Gasteiger partial charge >= 0.3 is 0 Å². The fourth-order valence-electron chi connectivity index (χ4n) is 1.88. The minimum absolute atomic E-state index is 0.461. The van der Waals surface area contributed by atoms with Crippen LogP contribution in [0.25, 0.3) is 0 Å². The summed E-state index contributed by atoms with van der Waals surface area (Å²) in [5, 5.41) is 0. The van der Waals surface area contributed by atoms with Crippen LogP contribution in [0.4, 0.5) is 0 Å². The Morgan fingerprint density at radius 1 is 1.38 bits per heavy atom. The Morgan fingerprint density at radius 3 is 2.56 bits per heavy atom. The van der Waals surface area contributed by atoms with E-state index in [4.69, 9.17) is 5.84 Å². The Hall–Kier alpha value is -0.0300. The first-order valence-corrected chi connectivity index (χ1v) is 7.42. The van der Waals surface area contributed by atoms with Crippen molar-refractivity contribution in [2.45, 2.75) is 30.2 Å². The number of hydrogen-bond donors (Lipinski definition) is 2. The van der Waals surface area contributed by atoms with Crippen LogP contribution in [0.5, 0.6) is 0 Å². The highest BCUT2D eigenvalue weighted by Gasteiger charge is 2.26. The van der Waals surface area contributed by atoms with Gasteiger partial charge in [-0.2, -0.15) is 0 Å². The van der Waals surface area contributed by atoms with E-state index in [2.05, 4.69) is 45.6 Å². The molecule has 0 spiro atoms. The molecule has 0 radical (unpaired) electrons. The van der Waals surface area contributed by atoms with Crippen LogP contribution in [0.1, 0.15) is 19.3 Å². The first-order valence-electron chi connectivity index (χ1n) is 5.64. The summed E-state index contributed by atoms with van der Waals surface area (Å²) in [4.78, 5) is 1.31. The van der Waals surface area contributed by atoms with Gasteiger partial charge in [-0.3, -0.25) is 11.3 Å². The molecule has 0 aliphatic heterocycles. The minimum atomic E-state index is 0.461. The molecule has 16 heavy (non-hydrogen) atoms. The van der Waals surface area contributed by atoms with Crippen molar-refractivity contribution in [1.29, 1.82) is 0 Å². The summed E-state index contributed by atoms with van der Waals surface area (Å²) in [6, 6.07) is 8.90. The maximum Gasteiger partial charge on any atom is 0.0332 e. The molecule has 2 rings (SSSR count). The quantitative estimate of drug-likeness (QED) is 0.498. The lowest BCUT2D eigenvalue weighted by molar-refractivity contribution is 0.246. The van der Waals surface area contributed by atoms with Gasteiger partial charge in [0.1, 0.15) is 0 Å². The molecule has 0 amide bonds. The second-order valence-corrected chi connectivity index (χ2v) is 6.24. The van der Waals surface area contributed by atoms with Crippen LogP contribution in [-0.4, -0.2) is 11.8 Å². The second-order valence-electron chi connectivity index (χ2n) is 4.23. The lowest BCUT2D eigenvalue weighted by atomic mass is 9.80. The summed E-state index contributed by atoms with van der Waals surface area (Å²) in [6.07, 6.45) is 4.03. The molecule has 2 nitrogen and oxygen atoms in total. The third-order valence-electron chi connectivity index (χ3n) is 3.18. The molecule has 1 fully saturated rings. The van der Waals surface area contributed by atoms with E-state index in [9.17, 15) is 0 Å². The lowest BCUT2D eigenvalue weighted by Crippen LogP contribution is -2.45. The SMILES string of the molecule is NNC(CSc1ccc(Br)cc1)C1CCC1. The van der Waals surface area contributed by atoms with E-state index in [0.717, 1.165) is 16.1 Å². The van der Waals surface area contributed by atoms with Crippen molar-refractivity contribution in [3.63, 3.8) is 0 Å². The lowest BCUT2D eigenvalue weighted by Gasteiger charge is -2.33. The molecule has 3 N–H and O–H groups in total. The maximum absolute atomic E-state index is 5.60. The number of halogens is 1. The van der Waals surface area contributed by atoms with E-state index in [1.54, 1.807) is 0 Å². The van der Waals surface area contributed by atoms with Gasteiger partial charge in [-0.25, -0.2) is 0 Å². The Labute approximate surface area is 109 Å². The van der Waals surface area contributed by atoms with Crippen LogP contribution in [0.15, 0.2) is 33.6 Å². The Balaban J connectivity index is 1.83. The molecule has 1 saturated carbocycles. The molecule has 0 heterocycles. The minimum Gasteiger partial charge on any atom is -0.271 e. The van der Waals surface area contributed by atoms with Gasteiger partial charge in [-0.05, 0) is 43.0 Å². The number of nitrogens with one attached hydrogen (secondary N) is 1. The molecule has 4 heteroatoms. The van der Waals surface area contributed by atoms with E-state index >= 15 is 0 Å². The zero-order valence-corrected chi connectivity index (χ0v) is 11.6. The topological polar surface area (TPSA) is 38.0 Å². The van der Waals surface area contributed by atoms with Crippen molar-refractivity contribution in [3.05, 3.63) is 28.7 Å². The van der Waals surface area contributed by atoms with E-state index in [-0.39, 0.29) is 0 Å². The van der Waals surface area contributed by atoms with Crippen molar-refractivity contribution in [2.75, 3.05) is 5.75 Å². The van der Waals surface area contributed by atoms with Crippen LogP contribution in [0, 0.1) is 5.92 Å². The Kier molecular flexibility index (Phi) is 4.70. The zero-order chi connectivity index (χ0) is 11.4. The highest BCUT2D eigenvalue weighted by Crippen LogP contribution is 2.32. The zero-order valence-electron chi connectivity index (χ0n) is 9.16. The van der Waals surface area contributed by atoms with E-state index < -0.39 is 0 Å². The summed E-state index contributed by atoms with van der Waals surface area (Å²) in [6.45, 7) is 0. The Morgan fingerprint density at radius 2 is 2.06 bits per heavy atom. The molecular weight excluding hydrogens is 284 g/mol. The van der Waals surface area contributed by atoms with Crippen LogP contribution >= 0.6 is 27.7 Å². The molecule has 1 atom stereocenters. The molecular formula is C12H17BrN2S. The summed E-state index contributed by atoms with van der Waals surface area (Å²) >= 11 is 5.32. The number of hydrazine groups is 1. The van der Waals surface area contributed by atoms with Gasteiger partial charge in [-0.15, -0.1) is 11.8 Å². The first kappa shape index (κ1) is 12.4. The molecule has 1 aromatic carbocycles. The number of hydrogen-bond acceptors (Lipinski definition) is 3. The number of nitrogens with two attached hydrogens (primary N) is 1. The highest BCUT2D eigenvalue weighted by molar-refractivity contribution is 9.10. The molecule has 88 valence electrons. The standard InChI is InChI=1S/C12H17BrN2S/c13-10-4-6-11(7-5-10)16-8-12(15-14)9-2-1-3-9/h4-7,9,12,15H,1-3,8,14H2. The van der Waals surface area contributed by atoms with E-state index in [1.165, 1.54) is 24.2 Å². The van der Waals surface area contributed by atoms with Crippen LogP contribution in [-0.2, 0) is 0 Å². The van der Waals surface area contributed by atoms with E-state index in [0.29, 0.717) is 6.04 Å². The molecule has 1 aromatic rings. The van der Waals surface area contributed by atoms with Crippen molar-refractivity contribution in [3.8, 4) is 0 Å². The average molecular weight is 301 g/mol. The van der Waals surface area contributed by atoms with Gasteiger partial charge in [-0.1, -0.05) is 22.4 Å². The summed E-state index contributed by atoms with van der Waals surface area (Å²) < 4.78 is 1.13. The average Bonchev–Trinajstić information content (AvgIpc) is 2.23. The predicted octanol–water partition coefficient (Wildman–Crippen LogP) is 3.17. The van der Waals surface area contributed by atoms with Crippen molar-refractivity contribution in [1.82, 2.24) is 5.43 Å². The second kappa shape index (κ2) is 6.05. The largest absolute Gasteiger partial charge is 0.271 e. The molecule has 0 bridgehead atoms.